The molecule has 0 aliphatic carbocycles. The Kier molecular flexibility index (Phi) is 7.77. The van der Waals surface area contributed by atoms with Crippen molar-refractivity contribution in [1.82, 2.24) is 0 Å². The maximum atomic E-state index is 11.6. The van der Waals surface area contributed by atoms with Gasteiger partial charge in [-0.1, -0.05) is 78.2 Å². The van der Waals surface area contributed by atoms with Gasteiger partial charge in [0.1, 0.15) is 24.7 Å². The fraction of sp³-hybridized carbons (Fsp3) is 0.160. The summed E-state index contributed by atoms with van der Waals surface area (Å²) >= 11 is 6.40. The molecule has 0 unspecified atom stereocenters. The first-order chi connectivity index (χ1) is 14.7. The fourth-order valence-corrected chi connectivity index (χ4v) is 2.84. The first-order valence-corrected chi connectivity index (χ1v) is 9.89. The molecule has 0 spiro atoms. The van der Waals surface area contributed by atoms with Gasteiger partial charge in [-0.05, 0) is 24.1 Å². The van der Waals surface area contributed by atoms with Crippen molar-refractivity contribution in [3.63, 3.8) is 0 Å². The van der Waals surface area contributed by atoms with Gasteiger partial charge in [-0.2, -0.15) is 0 Å². The van der Waals surface area contributed by atoms with E-state index in [9.17, 15) is 4.79 Å². The highest BCUT2D eigenvalue weighted by Crippen LogP contribution is 2.33. The lowest BCUT2D eigenvalue weighted by Crippen LogP contribution is -2.02. The van der Waals surface area contributed by atoms with Crippen molar-refractivity contribution in [2.75, 3.05) is 6.61 Å². The topological polar surface area (TPSA) is 44.8 Å². The van der Waals surface area contributed by atoms with E-state index in [1.165, 1.54) is 0 Å². The highest BCUT2D eigenvalue weighted by molar-refractivity contribution is 6.32. The van der Waals surface area contributed by atoms with Crippen LogP contribution in [0.25, 0.3) is 0 Å². The van der Waals surface area contributed by atoms with Gasteiger partial charge in [0, 0.05) is 12.0 Å². The van der Waals surface area contributed by atoms with Gasteiger partial charge in [0.05, 0.1) is 17.2 Å². The minimum absolute atomic E-state index is 0.262. The van der Waals surface area contributed by atoms with Gasteiger partial charge in [0.2, 0.25) is 0 Å². The molecule has 0 saturated carbocycles. The number of hydrogen-bond acceptors (Lipinski definition) is 4. The Balaban J connectivity index is 1.84. The number of benzene rings is 3. The minimum Gasteiger partial charge on any atom is -0.487 e. The van der Waals surface area contributed by atoms with Gasteiger partial charge in [-0.3, -0.25) is 0 Å². The SMILES string of the molecule is CCOC(=O)C#Cc1cc(Cl)c(OCc2ccccc2)cc1OCc1ccccc1. The third kappa shape index (κ3) is 6.30. The summed E-state index contributed by atoms with van der Waals surface area (Å²) in [4.78, 5) is 11.6. The molecule has 0 aliphatic heterocycles. The van der Waals surface area contributed by atoms with E-state index in [2.05, 4.69) is 11.8 Å². The Morgan fingerprint density at radius 3 is 2.00 bits per heavy atom. The van der Waals surface area contributed by atoms with Crippen LogP contribution < -0.4 is 9.47 Å². The van der Waals surface area contributed by atoms with Crippen LogP contribution in [0.15, 0.2) is 72.8 Å². The van der Waals surface area contributed by atoms with Crippen LogP contribution in [0.5, 0.6) is 11.5 Å². The van der Waals surface area contributed by atoms with Crippen LogP contribution in [-0.4, -0.2) is 12.6 Å². The first-order valence-electron chi connectivity index (χ1n) is 9.51. The van der Waals surface area contributed by atoms with Crippen molar-refractivity contribution in [3.05, 3.63) is 94.5 Å². The predicted molar refractivity (Wildman–Crippen MR) is 117 cm³/mol. The molecule has 0 aromatic heterocycles. The molecule has 0 aliphatic rings. The molecule has 0 bridgehead atoms. The smallest absolute Gasteiger partial charge is 0.384 e. The summed E-state index contributed by atoms with van der Waals surface area (Å²) in [5.41, 5.74) is 2.51. The van der Waals surface area contributed by atoms with Crippen LogP contribution in [0.4, 0.5) is 0 Å². The largest absolute Gasteiger partial charge is 0.487 e. The van der Waals surface area contributed by atoms with Crippen LogP contribution in [0.2, 0.25) is 5.02 Å². The second-order valence-electron chi connectivity index (χ2n) is 6.30. The molecule has 0 amide bonds. The summed E-state index contributed by atoms with van der Waals surface area (Å²) in [6.45, 7) is 2.70. The van der Waals surface area contributed by atoms with E-state index in [0.29, 0.717) is 35.3 Å². The number of esters is 1. The predicted octanol–water partition coefficient (Wildman–Crippen LogP) is 5.41. The highest BCUT2D eigenvalue weighted by Gasteiger charge is 2.11. The van der Waals surface area contributed by atoms with Crippen molar-refractivity contribution in [2.45, 2.75) is 20.1 Å². The molecule has 0 N–H and O–H groups in total. The Labute approximate surface area is 181 Å². The van der Waals surface area contributed by atoms with Gasteiger partial charge >= 0.3 is 5.97 Å². The number of ether oxygens (including phenoxy) is 3. The summed E-state index contributed by atoms with van der Waals surface area (Å²) in [6, 6.07) is 22.9. The zero-order valence-electron chi connectivity index (χ0n) is 16.6. The third-order valence-electron chi connectivity index (χ3n) is 4.08. The van der Waals surface area contributed by atoms with E-state index in [0.717, 1.165) is 11.1 Å². The van der Waals surface area contributed by atoms with Crippen molar-refractivity contribution >= 4 is 17.6 Å². The lowest BCUT2D eigenvalue weighted by atomic mass is 10.2. The van der Waals surface area contributed by atoms with E-state index < -0.39 is 5.97 Å². The normalized spacial score (nSPS) is 9.93. The van der Waals surface area contributed by atoms with Gasteiger partial charge in [0.15, 0.2) is 0 Å². The number of carbonyl (C=O) groups is 1. The molecule has 0 fully saturated rings. The van der Waals surface area contributed by atoms with Gasteiger partial charge in [-0.25, -0.2) is 4.79 Å². The second kappa shape index (κ2) is 10.9. The van der Waals surface area contributed by atoms with Crippen LogP contribution in [0, 0.1) is 11.8 Å². The van der Waals surface area contributed by atoms with Crippen LogP contribution >= 0.6 is 11.6 Å². The maximum absolute atomic E-state index is 11.6. The first kappa shape index (κ1) is 21.3. The molecule has 30 heavy (non-hydrogen) atoms. The van der Waals surface area contributed by atoms with E-state index in [4.69, 9.17) is 25.8 Å². The molecular formula is C25H21ClO4. The van der Waals surface area contributed by atoms with E-state index in [1.54, 1.807) is 19.1 Å². The zero-order valence-corrected chi connectivity index (χ0v) is 17.3. The summed E-state index contributed by atoms with van der Waals surface area (Å²) in [5.74, 6) is 5.59. The summed E-state index contributed by atoms with van der Waals surface area (Å²) in [5, 5.41) is 0.381. The van der Waals surface area contributed by atoms with Gasteiger partial charge < -0.3 is 14.2 Å². The Hall–Kier alpha value is -3.42. The molecule has 3 aromatic rings. The third-order valence-corrected chi connectivity index (χ3v) is 4.38. The maximum Gasteiger partial charge on any atom is 0.384 e. The molecule has 152 valence electrons. The van der Waals surface area contributed by atoms with Gasteiger partial charge in [-0.15, -0.1) is 0 Å². The van der Waals surface area contributed by atoms with E-state index in [-0.39, 0.29) is 6.61 Å². The zero-order chi connectivity index (χ0) is 21.2. The van der Waals surface area contributed by atoms with E-state index >= 15 is 0 Å². The molecule has 0 atom stereocenters. The lowest BCUT2D eigenvalue weighted by Gasteiger charge is -2.13. The lowest BCUT2D eigenvalue weighted by molar-refractivity contribution is -0.136. The fourth-order valence-electron chi connectivity index (χ4n) is 2.62. The average Bonchev–Trinajstić information content (AvgIpc) is 2.77. The Morgan fingerprint density at radius 1 is 0.867 bits per heavy atom. The number of hydrogen-bond donors (Lipinski definition) is 0. The molecule has 0 heterocycles. The van der Waals surface area contributed by atoms with E-state index in [1.807, 2.05) is 60.7 Å². The second-order valence-corrected chi connectivity index (χ2v) is 6.71. The van der Waals surface area contributed by atoms with Crippen molar-refractivity contribution in [2.24, 2.45) is 0 Å². The summed E-state index contributed by atoms with van der Waals surface area (Å²) < 4.78 is 16.7. The molecular weight excluding hydrogens is 400 g/mol. The van der Waals surface area contributed by atoms with Crippen molar-refractivity contribution < 1.29 is 19.0 Å². The number of rotatable bonds is 7. The summed E-state index contributed by atoms with van der Waals surface area (Å²) in [6.07, 6.45) is 0. The van der Waals surface area contributed by atoms with Crippen molar-refractivity contribution in [3.8, 4) is 23.3 Å². The standard InChI is InChI=1S/C25H21ClO4/c1-2-28-25(27)14-13-21-15-22(26)24(30-18-20-11-7-4-8-12-20)16-23(21)29-17-19-9-5-3-6-10-19/h3-12,15-16H,2,17-18H2,1H3. The molecule has 4 nitrogen and oxygen atoms in total. The molecule has 0 saturated heterocycles. The Bertz CT molecular complexity index is 1040. The van der Waals surface area contributed by atoms with Crippen LogP contribution in [-0.2, 0) is 22.7 Å². The molecule has 3 rings (SSSR count). The molecule has 0 radical (unpaired) electrons. The van der Waals surface area contributed by atoms with Gasteiger partial charge in [0.25, 0.3) is 0 Å². The highest BCUT2D eigenvalue weighted by atomic mass is 35.5. The quantitative estimate of drug-likeness (QED) is 0.378. The summed E-state index contributed by atoms with van der Waals surface area (Å²) in [7, 11) is 0. The minimum atomic E-state index is -0.605. The van der Waals surface area contributed by atoms with Crippen molar-refractivity contribution in [1.29, 1.82) is 0 Å². The monoisotopic (exact) mass is 420 g/mol. The molecule has 5 heteroatoms. The number of carbonyl (C=O) groups excluding carboxylic acids is 1. The molecule has 3 aromatic carbocycles. The Morgan fingerprint density at radius 2 is 1.43 bits per heavy atom. The van der Waals surface area contributed by atoms with Crippen LogP contribution in [0.3, 0.4) is 0 Å². The number of halogens is 1. The average molecular weight is 421 g/mol. The van der Waals surface area contributed by atoms with Crippen LogP contribution in [0.1, 0.15) is 23.6 Å².